The summed E-state index contributed by atoms with van der Waals surface area (Å²) >= 11 is 1.91. The van der Waals surface area contributed by atoms with Gasteiger partial charge in [0, 0.05) is 4.88 Å². The van der Waals surface area contributed by atoms with Gasteiger partial charge in [0.1, 0.15) is 0 Å². The first kappa shape index (κ1) is 14.8. The fraction of sp³-hybridized carbons (Fsp3) is 0.706. The van der Waals surface area contributed by atoms with Crippen molar-refractivity contribution in [2.24, 2.45) is 16.7 Å². The first-order chi connectivity index (χ1) is 8.76. The monoisotopic (exact) mass is 277 g/mol. The lowest BCUT2D eigenvalue weighted by Gasteiger charge is -2.39. The van der Waals surface area contributed by atoms with Crippen LogP contribution in [0.4, 0.5) is 0 Å². The SMILES string of the molecule is CCc1nc2c(s1)CC(C)(C)CC(C)(C(C)C)/C=C\2. The summed E-state index contributed by atoms with van der Waals surface area (Å²) < 4.78 is 0. The van der Waals surface area contributed by atoms with E-state index in [1.165, 1.54) is 22.0 Å². The van der Waals surface area contributed by atoms with Gasteiger partial charge in [-0.25, -0.2) is 4.98 Å². The number of hydrogen-bond acceptors (Lipinski definition) is 2. The van der Waals surface area contributed by atoms with Crippen molar-refractivity contribution in [2.45, 2.75) is 60.8 Å². The Bertz CT molecular complexity index is 481. The van der Waals surface area contributed by atoms with E-state index < -0.39 is 0 Å². The number of aryl methyl sites for hydroxylation is 1. The Balaban J connectivity index is 2.46. The lowest BCUT2D eigenvalue weighted by Crippen LogP contribution is -2.31. The molecule has 1 atom stereocenters. The molecule has 19 heavy (non-hydrogen) atoms. The van der Waals surface area contributed by atoms with E-state index in [0.717, 1.165) is 12.8 Å². The van der Waals surface area contributed by atoms with E-state index in [2.05, 4.69) is 53.7 Å². The van der Waals surface area contributed by atoms with Gasteiger partial charge < -0.3 is 0 Å². The average Bonchev–Trinajstić information content (AvgIpc) is 2.65. The smallest absolute Gasteiger partial charge is 0.0932 e. The van der Waals surface area contributed by atoms with Crippen LogP contribution >= 0.6 is 11.3 Å². The second-order valence-corrected chi connectivity index (χ2v) is 8.45. The van der Waals surface area contributed by atoms with Crippen molar-refractivity contribution in [2.75, 3.05) is 0 Å². The molecule has 0 fully saturated rings. The summed E-state index contributed by atoms with van der Waals surface area (Å²) in [5.74, 6) is 0.661. The number of allylic oxidation sites excluding steroid dienone is 1. The predicted octanol–water partition coefficient (Wildman–Crippen LogP) is 5.35. The zero-order valence-corrected chi connectivity index (χ0v) is 14.0. The lowest BCUT2D eigenvalue weighted by atomic mass is 9.66. The minimum Gasteiger partial charge on any atom is -0.242 e. The van der Waals surface area contributed by atoms with Crippen LogP contribution in [0.15, 0.2) is 6.08 Å². The Morgan fingerprint density at radius 1 is 1.32 bits per heavy atom. The highest BCUT2D eigenvalue weighted by Crippen LogP contribution is 2.45. The van der Waals surface area contributed by atoms with Crippen molar-refractivity contribution < 1.29 is 0 Å². The van der Waals surface area contributed by atoms with E-state index in [9.17, 15) is 0 Å². The fourth-order valence-corrected chi connectivity index (χ4v) is 4.33. The molecule has 1 heterocycles. The highest BCUT2D eigenvalue weighted by molar-refractivity contribution is 7.11. The maximum Gasteiger partial charge on any atom is 0.0932 e. The number of aromatic nitrogens is 1. The van der Waals surface area contributed by atoms with Crippen LogP contribution in [0, 0.1) is 16.7 Å². The van der Waals surface area contributed by atoms with Gasteiger partial charge in [-0.2, -0.15) is 0 Å². The second-order valence-electron chi connectivity index (χ2n) is 7.28. The van der Waals surface area contributed by atoms with E-state index in [1.54, 1.807) is 0 Å². The predicted molar refractivity (Wildman–Crippen MR) is 85.6 cm³/mol. The molecule has 0 amide bonds. The molecule has 2 rings (SSSR count). The largest absolute Gasteiger partial charge is 0.242 e. The van der Waals surface area contributed by atoms with Gasteiger partial charge in [0.15, 0.2) is 0 Å². The van der Waals surface area contributed by atoms with E-state index in [4.69, 9.17) is 4.98 Å². The topological polar surface area (TPSA) is 12.9 Å². The Morgan fingerprint density at radius 3 is 2.58 bits per heavy atom. The van der Waals surface area contributed by atoms with E-state index in [1.807, 2.05) is 11.3 Å². The van der Waals surface area contributed by atoms with Gasteiger partial charge in [-0.3, -0.25) is 0 Å². The zero-order chi connectivity index (χ0) is 14.3. The average molecular weight is 277 g/mol. The molecule has 0 bridgehead atoms. The summed E-state index contributed by atoms with van der Waals surface area (Å²) in [6.07, 6.45) is 8.14. The third kappa shape index (κ3) is 3.10. The Hall–Kier alpha value is -0.630. The molecule has 1 unspecified atom stereocenters. The molecular formula is C17H27NS. The number of hydrogen-bond donors (Lipinski definition) is 0. The van der Waals surface area contributed by atoms with Gasteiger partial charge in [0.25, 0.3) is 0 Å². The summed E-state index contributed by atoms with van der Waals surface area (Å²) in [6.45, 7) is 14.1. The molecule has 1 aliphatic rings. The summed E-state index contributed by atoms with van der Waals surface area (Å²) in [7, 11) is 0. The number of thiazole rings is 1. The van der Waals surface area contributed by atoms with Crippen LogP contribution in [0.1, 0.15) is 63.5 Å². The zero-order valence-electron chi connectivity index (χ0n) is 13.2. The summed E-state index contributed by atoms with van der Waals surface area (Å²) in [4.78, 5) is 6.27. The molecule has 1 aromatic heterocycles. The number of nitrogens with zero attached hydrogens (tertiary/aromatic N) is 1. The van der Waals surface area contributed by atoms with Crippen molar-refractivity contribution in [3.8, 4) is 0 Å². The van der Waals surface area contributed by atoms with Gasteiger partial charge in [-0.1, -0.05) is 47.6 Å². The third-order valence-corrected chi connectivity index (χ3v) is 5.73. The Labute approximate surface area is 122 Å². The fourth-order valence-electron chi connectivity index (χ4n) is 3.08. The molecule has 1 aromatic rings. The molecule has 106 valence electrons. The van der Waals surface area contributed by atoms with Gasteiger partial charge in [0.2, 0.25) is 0 Å². The molecular weight excluding hydrogens is 250 g/mol. The molecule has 0 saturated carbocycles. The molecule has 0 saturated heterocycles. The van der Waals surface area contributed by atoms with Crippen molar-refractivity contribution in [3.05, 3.63) is 21.7 Å². The quantitative estimate of drug-likeness (QED) is 0.709. The van der Waals surface area contributed by atoms with Crippen LogP contribution in [-0.4, -0.2) is 4.98 Å². The van der Waals surface area contributed by atoms with E-state index in [-0.39, 0.29) is 5.41 Å². The number of rotatable bonds is 2. The Morgan fingerprint density at radius 2 is 2.00 bits per heavy atom. The van der Waals surface area contributed by atoms with Crippen LogP contribution in [-0.2, 0) is 12.8 Å². The molecule has 0 radical (unpaired) electrons. The van der Waals surface area contributed by atoms with Crippen LogP contribution in [0.3, 0.4) is 0 Å². The molecule has 0 spiro atoms. The van der Waals surface area contributed by atoms with Crippen LogP contribution < -0.4 is 0 Å². The summed E-state index contributed by atoms with van der Waals surface area (Å²) in [5.41, 5.74) is 1.84. The third-order valence-electron chi connectivity index (χ3n) is 4.51. The first-order valence-electron chi connectivity index (χ1n) is 7.43. The molecule has 0 aromatic carbocycles. The van der Waals surface area contributed by atoms with Crippen LogP contribution in [0.2, 0.25) is 0 Å². The highest BCUT2D eigenvalue weighted by Gasteiger charge is 2.35. The molecule has 1 nitrogen and oxygen atoms in total. The minimum atomic E-state index is 0.275. The van der Waals surface area contributed by atoms with Crippen molar-refractivity contribution >= 4 is 17.4 Å². The normalized spacial score (nSPS) is 27.7. The summed E-state index contributed by atoms with van der Waals surface area (Å²) in [5, 5.41) is 1.28. The minimum absolute atomic E-state index is 0.275. The van der Waals surface area contributed by atoms with Crippen molar-refractivity contribution in [1.29, 1.82) is 0 Å². The summed E-state index contributed by atoms with van der Waals surface area (Å²) in [6, 6.07) is 0. The highest BCUT2D eigenvalue weighted by atomic mass is 32.1. The van der Waals surface area contributed by atoms with E-state index >= 15 is 0 Å². The van der Waals surface area contributed by atoms with Crippen molar-refractivity contribution in [1.82, 2.24) is 4.98 Å². The molecule has 1 aliphatic carbocycles. The standard InChI is InChI=1S/C17H27NS/c1-7-15-18-13-8-9-17(6,12(2)3)11-16(4,5)10-14(13)19-15/h8-9,12H,7,10-11H2,1-6H3/b9-8-. The second kappa shape index (κ2) is 5.05. The maximum atomic E-state index is 4.79. The lowest BCUT2D eigenvalue weighted by molar-refractivity contribution is 0.169. The van der Waals surface area contributed by atoms with Crippen LogP contribution in [0.25, 0.3) is 6.08 Å². The number of fused-ring (bicyclic) bond motifs is 1. The molecule has 0 N–H and O–H groups in total. The Kier molecular flexibility index (Phi) is 3.92. The van der Waals surface area contributed by atoms with Gasteiger partial charge in [-0.05, 0) is 42.1 Å². The molecule has 0 aliphatic heterocycles. The first-order valence-corrected chi connectivity index (χ1v) is 8.25. The van der Waals surface area contributed by atoms with E-state index in [0.29, 0.717) is 11.3 Å². The van der Waals surface area contributed by atoms with Crippen molar-refractivity contribution in [3.63, 3.8) is 0 Å². The molecule has 2 heteroatoms. The maximum absolute atomic E-state index is 4.79. The van der Waals surface area contributed by atoms with Gasteiger partial charge >= 0.3 is 0 Å². The van der Waals surface area contributed by atoms with Gasteiger partial charge in [-0.15, -0.1) is 11.3 Å². The van der Waals surface area contributed by atoms with Gasteiger partial charge in [0.05, 0.1) is 10.7 Å². The van der Waals surface area contributed by atoms with Crippen LogP contribution in [0.5, 0.6) is 0 Å².